The first-order chi connectivity index (χ1) is 2.56. The molecule has 0 aliphatic rings. The molecule has 0 rings (SSSR count). The summed E-state index contributed by atoms with van der Waals surface area (Å²) in [5.41, 5.74) is 0. The highest BCUT2D eigenvalue weighted by molar-refractivity contribution is 7.46. The summed E-state index contributed by atoms with van der Waals surface area (Å²) in [4.78, 5) is 15.4. The molecule has 0 heterocycles. The monoisotopic (exact) mass is 130 g/mol. The van der Waals surface area contributed by atoms with E-state index in [1.54, 1.807) is 0 Å². The number of rotatable bonds is 1. The van der Waals surface area contributed by atoms with Crippen LogP contribution in [0.2, 0.25) is 0 Å². The largest absolute Gasteiger partial charge is 0.469 e. The van der Waals surface area contributed by atoms with Gasteiger partial charge in [0.1, 0.15) is 0 Å². The fourth-order valence-corrected chi connectivity index (χ4v) is 0. The van der Waals surface area contributed by atoms with Gasteiger partial charge in [-0.2, -0.15) is 0 Å². The maximum Gasteiger partial charge on any atom is 0.469 e. The Morgan fingerprint density at radius 1 is 1.57 bits per heavy atom. The topological polar surface area (TPSA) is 98.3 Å². The van der Waals surface area contributed by atoms with Crippen molar-refractivity contribution in [3.8, 4) is 0 Å². The van der Waals surface area contributed by atoms with E-state index in [0.717, 1.165) is 7.11 Å². The van der Waals surface area contributed by atoms with Crippen molar-refractivity contribution >= 4 is 7.82 Å². The minimum absolute atomic E-state index is 0. The Morgan fingerprint density at radius 3 is 1.71 bits per heavy atom. The van der Waals surface area contributed by atoms with Crippen LogP contribution in [0, 0.1) is 0 Å². The van der Waals surface area contributed by atoms with E-state index in [4.69, 9.17) is 9.79 Å². The molecule has 46 valence electrons. The van der Waals surface area contributed by atoms with Crippen LogP contribution in [-0.2, 0) is 9.09 Å². The van der Waals surface area contributed by atoms with E-state index in [9.17, 15) is 4.57 Å². The highest BCUT2D eigenvalue weighted by Crippen LogP contribution is 2.33. The van der Waals surface area contributed by atoms with Gasteiger partial charge in [-0.1, -0.05) is 0 Å². The summed E-state index contributed by atoms with van der Waals surface area (Å²) >= 11 is 0. The molecule has 0 aliphatic carbocycles. The van der Waals surface area contributed by atoms with Crippen molar-refractivity contribution in [2.24, 2.45) is 0 Å². The second-order valence-electron chi connectivity index (χ2n) is 0.673. The maximum absolute atomic E-state index is 9.47. The molecule has 0 fully saturated rings. The standard InChI is InChI=1S/CH5O4P.H2O/c1-5-6(2,3)4;/h1H3,(H2,2,3,4);1H2. The van der Waals surface area contributed by atoms with Crippen molar-refractivity contribution in [1.82, 2.24) is 0 Å². The summed E-state index contributed by atoms with van der Waals surface area (Å²) in [6, 6.07) is 0. The van der Waals surface area contributed by atoms with Crippen molar-refractivity contribution in [1.29, 1.82) is 0 Å². The molecule has 0 aromatic rings. The van der Waals surface area contributed by atoms with E-state index in [1.165, 1.54) is 0 Å². The van der Waals surface area contributed by atoms with Crippen LogP contribution in [0.15, 0.2) is 0 Å². The van der Waals surface area contributed by atoms with Gasteiger partial charge in [0, 0.05) is 7.11 Å². The maximum atomic E-state index is 9.47. The molecular weight excluding hydrogens is 123 g/mol. The molecule has 0 atom stereocenters. The lowest BCUT2D eigenvalue weighted by molar-refractivity contribution is 0.235. The average molecular weight is 130 g/mol. The first-order valence-electron chi connectivity index (χ1n) is 1.17. The summed E-state index contributed by atoms with van der Waals surface area (Å²) in [5.74, 6) is 0. The van der Waals surface area contributed by atoms with Crippen LogP contribution in [0.25, 0.3) is 0 Å². The molecule has 0 saturated heterocycles. The third-order valence-electron chi connectivity index (χ3n) is 0.238. The average Bonchev–Trinajstić information content (AvgIpc) is 1.35. The fourth-order valence-electron chi connectivity index (χ4n) is 0. The molecule has 0 bridgehead atoms. The molecule has 4 N–H and O–H groups in total. The van der Waals surface area contributed by atoms with Gasteiger partial charge in [0.25, 0.3) is 0 Å². The van der Waals surface area contributed by atoms with E-state index < -0.39 is 7.82 Å². The van der Waals surface area contributed by atoms with Gasteiger partial charge in [0.15, 0.2) is 0 Å². The zero-order valence-electron chi connectivity index (χ0n) is 3.66. The molecule has 0 saturated carbocycles. The van der Waals surface area contributed by atoms with Gasteiger partial charge in [0.05, 0.1) is 0 Å². The van der Waals surface area contributed by atoms with Crippen molar-refractivity contribution in [3.63, 3.8) is 0 Å². The molecule has 0 aliphatic heterocycles. The summed E-state index contributed by atoms with van der Waals surface area (Å²) < 4.78 is 13.1. The molecule has 0 aromatic carbocycles. The van der Waals surface area contributed by atoms with Gasteiger partial charge >= 0.3 is 7.82 Å². The summed E-state index contributed by atoms with van der Waals surface area (Å²) in [6.07, 6.45) is 0. The molecule has 0 radical (unpaired) electrons. The van der Waals surface area contributed by atoms with Gasteiger partial charge in [-0.3, -0.25) is 4.52 Å². The second kappa shape index (κ2) is 3.12. The van der Waals surface area contributed by atoms with Gasteiger partial charge in [-0.15, -0.1) is 0 Å². The number of phosphoric acid groups is 1. The summed E-state index contributed by atoms with van der Waals surface area (Å²) in [7, 11) is -3.20. The van der Waals surface area contributed by atoms with Gasteiger partial charge in [0.2, 0.25) is 0 Å². The van der Waals surface area contributed by atoms with E-state index >= 15 is 0 Å². The van der Waals surface area contributed by atoms with Crippen LogP contribution in [0.3, 0.4) is 0 Å². The van der Waals surface area contributed by atoms with Crippen molar-refractivity contribution < 1.29 is 24.4 Å². The van der Waals surface area contributed by atoms with Crippen LogP contribution in [0.4, 0.5) is 0 Å². The van der Waals surface area contributed by atoms with Crippen LogP contribution in [-0.4, -0.2) is 22.4 Å². The minimum atomic E-state index is -4.15. The first kappa shape index (κ1) is 10.1. The summed E-state index contributed by atoms with van der Waals surface area (Å²) in [5, 5.41) is 0. The summed E-state index contributed by atoms with van der Waals surface area (Å²) in [6.45, 7) is 0. The van der Waals surface area contributed by atoms with Crippen molar-refractivity contribution in [2.45, 2.75) is 0 Å². The Bertz CT molecular complexity index is 72.1. The van der Waals surface area contributed by atoms with Gasteiger partial charge < -0.3 is 15.3 Å². The first-order valence-corrected chi connectivity index (χ1v) is 2.70. The Hall–Kier alpha value is 0.0700. The van der Waals surface area contributed by atoms with Crippen LogP contribution >= 0.6 is 7.82 Å². The molecule has 0 unspecified atom stereocenters. The number of phosphoric ester groups is 1. The number of hydrogen-bond donors (Lipinski definition) is 2. The third kappa shape index (κ3) is 10.7. The zero-order valence-corrected chi connectivity index (χ0v) is 4.55. The zero-order chi connectivity index (χ0) is 5.21. The fraction of sp³-hybridized carbons (Fsp3) is 1.00. The van der Waals surface area contributed by atoms with Gasteiger partial charge in [-0.25, -0.2) is 4.57 Å². The quantitative estimate of drug-likeness (QED) is 0.440. The molecule has 6 heteroatoms. The van der Waals surface area contributed by atoms with Crippen LogP contribution < -0.4 is 0 Å². The van der Waals surface area contributed by atoms with E-state index in [1.807, 2.05) is 0 Å². The van der Waals surface area contributed by atoms with Gasteiger partial charge in [-0.05, 0) is 0 Å². The molecule has 7 heavy (non-hydrogen) atoms. The Morgan fingerprint density at radius 2 is 1.71 bits per heavy atom. The lowest BCUT2D eigenvalue weighted by Crippen LogP contribution is -1.76. The minimum Gasteiger partial charge on any atom is -0.412 e. The van der Waals surface area contributed by atoms with Crippen LogP contribution in [0.1, 0.15) is 0 Å². The predicted octanol–water partition coefficient (Wildman–Crippen LogP) is -1.10. The molecule has 5 nitrogen and oxygen atoms in total. The highest BCUT2D eigenvalue weighted by atomic mass is 31.2. The normalized spacial score (nSPS) is 10.1. The lowest BCUT2D eigenvalue weighted by atomic mass is 11.8. The van der Waals surface area contributed by atoms with Crippen LogP contribution in [0.5, 0.6) is 0 Å². The lowest BCUT2D eigenvalue weighted by Gasteiger charge is -1.93. The number of hydrogen-bond acceptors (Lipinski definition) is 2. The van der Waals surface area contributed by atoms with E-state index in [-0.39, 0.29) is 5.48 Å². The highest BCUT2D eigenvalue weighted by Gasteiger charge is 2.07. The van der Waals surface area contributed by atoms with E-state index in [2.05, 4.69) is 4.52 Å². The predicted molar refractivity (Wildman–Crippen MR) is 22.7 cm³/mol. The second-order valence-corrected chi connectivity index (χ2v) is 2.02. The third-order valence-corrected chi connectivity index (χ3v) is 0.714. The SMILES string of the molecule is COP(=O)(O)O.O. The molecular formula is CH7O5P. The Labute approximate surface area is 40.5 Å². The molecule has 0 spiro atoms. The van der Waals surface area contributed by atoms with E-state index in [0.29, 0.717) is 0 Å². The molecule has 0 aromatic heterocycles. The smallest absolute Gasteiger partial charge is 0.412 e. The van der Waals surface area contributed by atoms with Crippen molar-refractivity contribution in [2.75, 3.05) is 7.11 Å². The Balaban J connectivity index is 0. The van der Waals surface area contributed by atoms with Crippen molar-refractivity contribution in [3.05, 3.63) is 0 Å². The Kier molecular flexibility index (Phi) is 4.52. The molecule has 0 amide bonds.